The van der Waals surface area contributed by atoms with E-state index in [0.29, 0.717) is 11.5 Å². The van der Waals surface area contributed by atoms with Crippen LogP contribution >= 0.6 is 15.9 Å². The van der Waals surface area contributed by atoms with Gasteiger partial charge in [-0.3, -0.25) is 4.79 Å². The summed E-state index contributed by atoms with van der Waals surface area (Å²) in [6, 6.07) is 10.8. The Morgan fingerprint density at radius 3 is 2.63 bits per heavy atom. The summed E-state index contributed by atoms with van der Waals surface area (Å²) in [5.41, 5.74) is 0.975. The molecule has 19 heavy (non-hydrogen) atoms. The second-order valence-corrected chi connectivity index (χ2v) is 4.62. The number of hydrogen-bond acceptors (Lipinski definition) is 4. The Morgan fingerprint density at radius 1 is 1.21 bits per heavy atom. The summed E-state index contributed by atoms with van der Waals surface area (Å²) in [6.07, 6.45) is 0. The first-order valence-corrected chi connectivity index (χ1v) is 6.63. The molecule has 0 unspecified atom stereocenters. The van der Waals surface area contributed by atoms with Gasteiger partial charge in [-0.25, -0.2) is 0 Å². The molecule has 0 aliphatic carbocycles. The summed E-state index contributed by atoms with van der Waals surface area (Å²) in [6.45, 7) is 2.73. The zero-order valence-electron chi connectivity index (χ0n) is 10.4. The van der Waals surface area contributed by atoms with Crippen LogP contribution in [0.25, 0.3) is 0 Å². The van der Waals surface area contributed by atoms with Gasteiger partial charge in [0, 0.05) is 11.0 Å². The third-order valence-electron chi connectivity index (χ3n) is 2.38. The highest BCUT2D eigenvalue weighted by Crippen LogP contribution is 2.21. The Labute approximate surface area is 119 Å². The molecule has 98 valence electrons. The second-order valence-electron chi connectivity index (χ2n) is 3.77. The number of aromatic nitrogens is 2. The van der Waals surface area contributed by atoms with E-state index in [4.69, 9.17) is 0 Å². The maximum absolute atomic E-state index is 12.0. The highest BCUT2D eigenvalue weighted by molar-refractivity contribution is 9.10. The number of amides is 1. The van der Waals surface area contributed by atoms with Crippen molar-refractivity contribution in [3.8, 4) is 0 Å². The maximum Gasteiger partial charge on any atom is 0.276 e. The highest BCUT2D eigenvalue weighted by atomic mass is 79.9. The van der Waals surface area contributed by atoms with Crippen LogP contribution in [0.5, 0.6) is 0 Å². The predicted molar refractivity (Wildman–Crippen MR) is 78.3 cm³/mol. The number of halogens is 1. The van der Waals surface area contributed by atoms with Crippen LogP contribution in [0.1, 0.15) is 17.4 Å². The van der Waals surface area contributed by atoms with Crippen molar-refractivity contribution in [2.45, 2.75) is 6.92 Å². The minimum Gasteiger partial charge on any atom is -0.369 e. The number of benzene rings is 1. The molecule has 0 saturated carbocycles. The van der Waals surface area contributed by atoms with Crippen molar-refractivity contribution < 1.29 is 4.79 Å². The first kappa shape index (κ1) is 13.5. The van der Waals surface area contributed by atoms with Crippen molar-refractivity contribution in [2.24, 2.45) is 0 Å². The monoisotopic (exact) mass is 320 g/mol. The van der Waals surface area contributed by atoms with Gasteiger partial charge in [0.15, 0.2) is 5.69 Å². The van der Waals surface area contributed by atoms with E-state index in [1.54, 1.807) is 12.1 Å². The van der Waals surface area contributed by atoms with Crippen molar-refractivity contribution in [3.63, 3.8) is 0 Å². The molecule has 1 aromatic heterocycles. The molecule has 6 heteroatoms. The van der Waals surface area contributed by atoms with Gasteiger partial charge in [0.1, 0.15) is 5.82 Å². The van der Waals surface area contributed by atoms with E-state index >= 15 is 0 Å². The van der Waals surface area contributed by atoms with Crippen molar-refractivity contribution in [3.05, 3.63) is 46.6 Å². The molecule has 5 nitrogen and oxygen atoms in total. The lowest BCUT2D eigenvalue weighted by molar-refractivity contribution is 0.102. The van der Waals surface area contributed by atoms with E-state index in [-0.39, 0.29) is 11.6 Å². The summed E-state index contributed by atoms with van der Waals surface area (Å²) >= 11 is 3.37. The molecule has 0 atom stereocenters. The first-order valence-electron chi connectivity index (χ1n) is 5.84. The van der Waals surface area contributed by atoms with Crippen LogP contribution in [0, 0.1) is 0 Å². The van der Waals surface area contributed by atoms with Gasteiger partial charge < -0.3 is 10.6 Å². The van der Waals surface area contributed by atoms with Gasteiger partial charge in [0.2, 0.25) is 0 Å². The molecular formula is C13H13BrN4O. The lowest BCUT2D eigenvalue weighted by Crippen LogP contribution is -2.15. The Morgan fingerprint density at radius 2 is 2.00 bits per heavy atom. The Balaban J connectivity index is 2.10. The molecule has 0 bridgehead atoms. The number of nitrogens with one attached hydrogen (secondary N) is 2. The largest absolute Gasteiger partial charge is 0.369 e. The lowest BCUT2D eigenvalue weighted by atomic mass is 10.3. The van der Waals surface area contributed by atoms with Crippen LogP contribution in [0.4, 0.5) is 11.5 Å². The number of rotatable bonds is 4. The average molecular weight is 321 g/mol. The smallest absolute Gasteiger partial charge is 0.276 e. The van der Waals surface area contributed by atoms with Crippen molar-refractivity contribution in [1.82, 2.24) is 10.2 Å². The van der Waals surface area contributed by atoms with Gasteiger partial charge in [-0.15, -0.1) is 10.2 Å². The molecule has 0 aliphatic heterocycles. The van der Waals surface area contributed by atoms with Crippen LogP contribution in [-0.4, -0.2) is 22.6 Å². The maximum atomic E-state index is 12.0. The van der Waals surface area contributed by atoms with Crippen molar-refractivity contribution in [1.29, 1.82) is 0 Å². The Kier molecular flexibility index (Phi) is 4.46. The fourth-order valence-corrected chi connectivity index (χ4v) is 1.86. The van der Waals surface area contributed by atoms with Crippen LogP contribution in [0.2, 0.25) is 0 Å². The molecule has 0 spiro atoms. The number of carbonyl (C=O) groups excluding carboxylic acids is 1. The lowest BCUT2D eigenvalue weighted by Gasteiger charge is -2.06. The molecule has 1 amide bonds. The van der Waals surface area contributed by atoms with Gasteiger partial charge in [0.05, 0.1) is 5.69 Å². The van der Waals surface area contributed by atoms with E-state index in [1.807, 2.05) is 31.2 Å². The minimum atomic E-state index is -0.289. The molecule has 2 rings (SSSR count). The molecule has 0 radical (unpaired) electrons. The fourth-order valence-electron chi connectivity index (χ4n) is 1.48. The SMILES string of the molecule is CCNc1ccc(C(=O)Nc2ccccc2Br)nn1. The molecule has 1 aromatic carbocycles. The van der Waals surface area contributed by atoms with E-state index < -0.39 is 0 Å². The average Bonchev–Trinajstić information content (AvgIpc) is 2.42. The van der Waals surface area contributed by atoms with E-state index in [0.717, 1.165) is 11.0 Å². The molecule has 1 heterocycles. The standard InChI is InChI=1S/C13H13BrN4O/c1-2-15-12-8-7-11(17-18-12)13(19)16-10-6-4-3-5-9(10)14/h3-8H,2H2,1H3,(H,15,18)(H,16,19). The summed E-state index contributed by atoms with van der Waals surface area (Å²) in [4.78, 5) is 12.0. The van der Waals surface area contributed by atoms with Gasteiger partial charge in [-0.1, -0.05) is 12.1 Å². The third-order valence-corrected chi connectivity index (χ3v) is 3.07. The van der Waals surface area contributed by atoms with Crippen molar-refractivity contribution in [2.75, 3.05) is 17.2 Å². The number of hydrogen-bond donors (Lipinski definition) is 2. The molecule has 2 N–H and O–H groups in total. The highest BCUT2D eigenvalue weighted by Gasteiger charge is 2.09. The summed E-state index contributed by atoms with van der Waals surface area (Å²) in [5, 5.41) is 13.6. The fraction of sp³-hybridized carbons (Fsp3) is 0.154. The molecule has 0 fully saturated rings. The molecular weight excluding hydrogens is 308 g/mol. The predicted octanol–water partition coefficient (Wildman–Crippen LogP) is 2.92. The van der Waals surface area contributed by atoms with Gasteiger partial charge in [-0.05, 0) is 47.1 Å². The summed E-state index contributed by atoms with van der Waals surface area (Å²) < 4.78 is 0.820. The van der Waals surface area contributed by atoms with Crippen LogP contribution < -0.4 is 10.6 Å². The number of para-hydroxylation sites is 1. The van der Waals surface area contributed by atoms with Gasteiger partial charge in [-0.2, -0.15) is 0 Å². The second kappa shape index (κ2) is 6.29. The van der Waals surface area contributed by atoms with E-state index in [2.05, 4.69) is 36.8 Å². The topological polar surface area (TPSA) is 66.9 Å². The molecule has 0 saturated heterocycles. The number of nitrogens with zero attached hydrogens (tertiary/aromatic N) is 2. The minimum absolute atomic E-state index is 0.275. The molecule has 2 aromatic rings. The Bertz CT molecular complexity index is 571. The number of carbonyl (C=O) groups is 1. The Hall–Kier alpha value is -1.95. The zero-order chi connectivity index (χ0) is 13.7. The van der Waals surface area contributed by atoms with Crippen LogP contribution in [0.15, 0.2) is 40.9 Å². The summed E-state index contributed by atoms with van der Waals surface area (Å²) in [7, 11) is 0. The third kappa shape index (κ3) is 3.51. The first-order chi connectivity index (χ1) is 9.20. The normalized spacial score (nSPS) is 10.0. The quantitative estimate of drug-likeness (QED) is 0.909. The van der Waals surface area contributed by atoms with Gasteiger partial charge >= 0.3 is 0 Å². The van der Waals surface area contributed by atoms with Crippen LogP contribution in [0.3, 0.4) is 0 Å². The summed E-state index contributed by atoms with van der Waals surface area (Å²) in [5.74, 6) is 0.363. The number of anilines is 2. The van der Waals surface area contributed by atoms with Crippen LogP contribution in [-0.2, 0) is 0 Å². The van der Waals surface area contributed by atoms with Gasteiger partial charge in [0.25, 0.3) is 5.91 Å². The van der Waals surface area contributed by atoms with E-state index in [1.165, 1.54) is 0 Å². The van der Waals surface area contributed by atoms with Crippen molar-refractivity contribution >= 4 is 33.3 Å². The van der Waals surface area contributed by atoms with E-state index in [9.17, 15) is 4.79 Å². The zero-order valence-corrected chi connectivity index (χ0v) is 11.9. The molecule has 0 aliphatic rings.